The van der Waals surface area contributed by atoms with Crippen LogP contribution in [-0.4, -0.2) is 17.4 Å². The van der Waals surface area contributed by atoms with Gasteiger partial charge in [0.05, 0.1) is 0 Å². The largest absolute Gasteiger partial charge is 0.297 e. The van der Waals surface area contributed by atoms with Crippen LogP contribution in [-0.2, 0) is 4.79 Å². The van der Waals surface area contributed by atoms with E-state index in [1.165, 1.54) is 0 Å². The molecule has 0 bridgehead atoms. The Kier molecular flexibility index (Phi) is 2.32. The number of benzene rings is 1. The lowest BCUT2D eigenvalue weighted by molar-refractivity contribution is -0.119. The smallest absolute Gasteiger partial charge is 0.231 e. The van der Waals surface area contributed by atoms with Crippen LogP contribution < -0.4 is 4.90 Å². The van der Waals surface area contributed by atoms with Crippen molar-refractivity contribution in [2.45, 2.75) is 13.3 Å². The van der Waals surface area contributed by atoms with Crippen molar-refractivity contribution < 1.29 is 4.79 Å². The lowest BCUT2D eigenvalue weighted by atomic mass is 10.1. The van der Waals surface area contributed by atoms with Gasteiger partial charge in [-0.1, -0.05) is 31.2 Å². The van der Waals surface area contributed by atoms with E-state index in [0.29, 0.717) is 0 Å². The van der Waals surface area contributed by atoms with Crippen molar-refractivity contribution in [3.05, 3.63) is 36.5 Å². The molecule has 3 heteroatoms. The number of rotatable bonds is 1. The fourth-order valence-electron chi connectivity index (χ4n) is 2.27. The average Bonchev–Trinajstić information content (AvgIpc) is 2.70. The second-order valence-electron chi connectivity index (χ2n) is 4.57. The molecule has 1 saturated heterocycles. The summed E-state index contributed by atoms with van der Waals surface area (Å²) in [6, 6.07) is 10.1. The lowest BCUT2D eigenvalue weighted by Gasteiger charge is -2.15. The van der Waals surface area contributed by atoms with E-state index >= 15 is 0 Å². The van der Waals surface area contributed by atoms with Crippen LogP contribution in [0.1, 0.15) is 13.3 Å². The predicted octanol–water partition coefficient (Wildman–Crippen LogP) is 2.61. The summed E-state index contributed by atoms with van der Waals surface area (Å²) < 4.78 is 0. The monoisotopic (exact) mass is 226 g/mol. The first kappa shape index (κ1) is 10.3. The fourth-order valence-corrected chi connectivity index (χ4v) is 2.27. The molecule has 1 aliphatic heterocycles. The normalized spacial score (nSPS) is 20.2. The Labute approximate surface area is 100 Å². The molecular weight excluding hydrogens is 212 g/mol. The number of hydrogen-bond donors (Lipinski definition) is 0. The van der Waals surface area contributed by atoms with Crippen molar-refractivity contribution in [2.75, 3.05) is 11.4 Å². The van der Waals surface area contributed by atoms with Crippen LogP contribution >= 0.6 is 0 Å². The van der Waals surface area contributed by atoms with E-state index < -0.39 is 0 Å². The van der Waals surface area contributed by atoms with Gasteiger partial charge in [-0.25, -0.2) is 4.98 Å². The number of hydrogen-bond acceptors (Lipinski definition) is 2. The molecule has 0 spiro atoms. The number of fused-ring (bicyclic) bond motifs is 1. The van der Waals surface area contributed by atoms with E-state index in [4.69, 9.17) is 0 Å². The van der Waals surface area contributed by atoms with Gasteiger partial charge >= 0.3 is 0 Å². The van der Waals surface area contributed by atoms with E-state index in [9.17, 15) is 4.79 Å². The Balaban J connectivity index is 2.04. The van der Waals surface area contributed by atoms with E-state index in [0.717, 1.165) is 29.6 Å². The molecule has 1 atom stereocenters. The molecule has 3 rings (SSSR count). The van der Waals surface area contributed by atoms with Crippen molar-refractivity contribution in [1.29, 1.82) is 0 Å². The number of amides is 1. The van der Waals surface area contributed by atoms with Crippen LogP contribution in [0.2, 0.25) is 0 Å². The minimum Gasteiger partial charge on any atom is -0.297 e. The minimum absolute atomic E-state index is 0.128. The highest BCUT2D eigenvalue weighted by atomic mass is 16.2. The van der Waals surface area contributed by atoms with E-state index in [1.807, 2.05) is 43.5 Å². The average molecular weight is 226 g/mol. The summed E-state index contributed by atoms with van der Waals surface area (Å²) in [5.74, 6) is 1.09. The first-order valence-electron chi connectivity index (χ1n) is 5.92. The Morgan fingerprint density at radius 3 is 2.76 bits per heavy atom. The molecule has 0 saturated carbocycles. The Bertz CT molecular complexity index is 579. The van der Waals surface area contributed by atoms with Crippen LogP contribution in [0.25, 0.3) is 10.8 Å². The Morgan fingerprint density at radius 2 is 2.06 bits per heavy atom. The standard InChI is InChI=1S/C14H14N2O/c1-10-6-7-16(14(10)17)13-8-11-4-2-3-5-12(11)9-15-13/h2-5,8-10H,6-7H2,1H3. The second-order valence-corrected chi connectivity index (χ2v) is 4.57. The summed E-state index contributed by atoms with van der Waals surface area (Å²) in [4.78, 5) is 18.1. The summed E-state index contributed by atoms with van der Waals surface area (Å²) in [7, 11) is 0. The van der Waals surface area contributed by atoms with Crippen molar-refractivity contribution in [2.24, 2.45) is 5.92 Å². The summed E-state index contributed by atoms with van der Waals surface area (Å²) in [5.41, 5.74) is 0. The first-order chi connectivity index (χ1) is 8.25. The maximum atomic E-state index is 11.9. The van der Waals surface area contributed by atoms with E-state index in [1.54, 1.807) is 4.90 Å². The van der Waals surface area contributed by atoms with Gasteiger partial charge in [-0.3, -0.25) is 9.69 Å². The van der Waals surface area contributed by atoms with Gasteiger partial charge in [-0.05, 0) is 17.9 Å². The SMILES string of the molecule is CC1CCN(c2cc3ccccc3cn2)C1=O. The number of carbonyl (C=O) groups is 1. The van der Waals surface area contributed by atoms with Crippen LogP contribution in [0.3, 0.4) is 0 Å². The van der Waals surface area contributed by atoms with E-state index in [-0.39, 0.29) is 11.8 Å². The Hall–Kier alpha value is -1.90. The van der Waals surface area contributed by atoms with Crippen LogP contribution in [0.5, 0.6) is 0 Å². The van der Waals surface area contributed by atoms with E-state index in [2.05, 4.69) is 4.98 Å². The molecular formula is C14H14N2O. The predicted molar refractivity (Wildman–Crippen MR) is 67.9 cm³/mol. The highest BCUT2D eigenvalue weighted by molar-refractivity contribution is 5.97. The second kappa shape index (κ2) is 3.84. The maximum absolute atomic E-state index is 11.9. The lowest BCUT2D eigenvalue weighted by Crippen LogP contribution is -2.26. The van der Waals surface area contributed by atoms with Gasteiger partial charge in [0.1, 0.15) is 5.82 Å². The molecule has 0 radical (unpaired) electrons. The molecule has 1 aromatic carbocycles. The zero-order valence-electron chi connectivity index (χ0n) is 9.76. The third kappa shape index (κ3) is 1.68. The topological polar surface area (TPSA) is 33.2 Å². The zero-order chi connectivity index (χ0) is 11.8. The van der Waals surface area contributed by atoms with Gasteiger partial charge in [-0.2, -0.15) is 0 Å². The van der Waals surface area contributed by atoms with Crippen molar-refractivity contribution in [3.63, 3.8) is 0 Å². The quantitative estimate of drug-likeness (QED) is 0.748. The molecule has 1 unspecified atom stereocenters. The van der Waals surface area contributed by atoms with Gasteiger partial charge in [0.2, 0.25) is 5.91 Å². The first-order valence-corrected chi connectivity index (χ1v) is 5.92. The van der Waals surface area contributed by atoms with Crippen LogP contribution in [0.4, 0.5) is 5.82 Å². The van der Waals surface area contributed by atoms with Crippen LogP contribution in [0.15, 0.2) is 36.5 Å². The van der Waals surface area contributed by atoms with Crippen molar-refractivity contribution in [3.8, 4) is 0 Å². The molecule has 0 N–H and O–H groups in total. The number of carbonyl (C=O) groups excluding carboxylic acids is 1. The molecule has 3 nitrogen and oxygen atoms in total. The molecule has 2 heterocycles. The molecule has 86 valence electrons. The molecule has 1 fully saturated rings. The molecule has 0 aliphatic carbocycles. The minimum atomic E-state index is 0.128. The maximum Gasteiger partial charge on any atom is 0.231 e. The summed E-state index contributed by atoms with van der Waals surface area (Å²) in [6.45, 7) is 2.76. The fraction of sp³-hybridized carbons (Fsp3) is 0.286. The number of nitrogens with zero attached hydrogens (tertiary/aromatic N) is 2. The van der Waals surface area contributed by atoms with Gasteiger partial charge in [0.15, 0.2) is 0 Å². The number of anilines is 1. The third-order valence-corrected chi connectivity index (χ3v) is 3.37. The molecule has 1 amide bonds. The summed E-state index contributed by atoms with van der Waals surface area (Å²) >= 11 is 0. The van der Waals surface area contributed by atoms with Crippen LogP contribution in [0, 0.1) is 5.92 Å². The summed E-state index contributed by atoms with van der Waals surface area (Å²) in [5, 5.41) is 2.24. The third-order valence-electron chi connectivity index (χ3n) is 3.37. The molecule has 1 aromatic heterocycles. The zero-order valence-corrected chi connectivity index (χ0v) is 9.76. The molecule has 2 aromatic rings. The van der Waals surface area contributed by atoms with Gasteiger partial charge in [0.25, 0.3) is 0 Å². The summed E-state index contributed by atoms with van der Waals surface area (Å²) in [6.07, 6.45) is 2.76. The number of aromatic nitrogens is 1. The van der Waals surface area contributed by atoms with Gasteiger partial charge in [-0.15, -0.1) is 0 Å². The van der Waals surface area contributed by atoms with Gasteiger partial charge in [0, 0.05) is 24.0 Å². The number of pyridine rings is 1. The highest BCUT2D eigenvalue weighted by Crippen LogP contribution is 2.25. The molecule has 17 heavy (non-hydrogen) atoms. The Morgan fingerprint density at radius 1 is 1.29 bits per heavy atom. The van der Waals surface area contributed by atoms with Crippen molar-refractivity contribution in [1.82, 2.24) is 4.98 Å². The molecule has 1 aliphatic rings. The van der Waals surface area contributed by atoms with Gasteiger partial charge < -0.3 is 0 Å². The highest BCUT2D eigenvalue weighted by Gasteiger charge is 2.29. The van der Waals surface area contributed by atoms with Crippen molar-refractivity contribution >= 4 is 22.5 Å².